The fourth-order valence-corrected chi connectivity index (χ4v) is 1.44. The van der Waals surface area contributed by atoms with Crippen LogP contribution >= 0.6 is 0 Å². The van der Waals surface area contributed by atoms with Crippen molar-refractivity contribution in [3.05, 3.63) is 0 Å². The molecule has 0 bridgehead atoms. The van der Waals surface area contributed by atoms with Crippen molar-refractivity contribution in [3.63, 3.8) is 0 Å². The zero-order valence-corrected chi connectivity index (χ0v) is 11.9. The third-order valence-corrected chi connectivity index (χ3v) is 2.17. The Morgan fingerprint density at radius 3 is 2.28 bits per heavy atom. The third-order valence-electron chi connectivity index (χ3n) is 2.17. The Hall–Kier alpha value is -1.30. The van der Waals surface area contributed by atoms with E-state index in [1.54, 1.807) is 20.8 Å². The summed E-state index contributed by atoms with van der Waals surface area (Å²) in [6.45, 7) is 6.46. The van der Waals surface area contributed by atoms with Gasteiger partial charge >= 0.3 is 6.09 Å². The van der Waals surface area contributed by atoms with Crippen LogP contribution in [-0.2, 0) is 9.53 Å². The maximum Gasteiger partial charge on any atom is 0.407 e. The van der Waals surface area contributed by atoms with Crippen LogP contribution in [0.3, 0.4) is 0 Å². The largest absolute Gasteiger partial charge is 0.544 e. The van der Waals surface area contributed by atoms with E-state index in [0.29, 0.717) is 24.0 Å². The minimum atomic E-state index is -1.07. The Balaban J connectivity index is 3.80. The van der Waals surface area contributed by atoms with E-state index in [1.807, 2.05) is 14.1 Å². The minimum Gasteiger partial charge on any atom is -0.544 e. The number of nitrogens with one attached hydrogen (secondary N) is 1. The van der Waals surface area contributed by atoms with Crippen LogP contribution in [0.2, 0.25) is 0 Å². The van der Waals surface area contributed by atoms with Crippen LogP contribution in [0.1, 0.15) is 27.2 Å². The summed E-state index contributed by atoms with van der Waals surface area (Å²) in [4.78, 5) is 21.8. The van der Waals surface area contributed by atoms with Crippen LogP contribution < -0.4 is 10.4 Å². The molecular weight excluding hydrogens is 236 g/mol. The van der Waals surface area contributed by atoms with Gasteiger partial charge in [0, 0.05) is 13.0 Å². The molecule has 0 saturated heterocycles. The molecule has 0 aromatic carbocycles. The van der Waals surface area contributed by atoms with Gasteiger partial charge in [-0.05, 0) is 20.8 Å². The number of nitrogens with zero attached hydrogens (tertiary/aromatic N) is 1. The molecule has 1 amide bonds. The summed E-state index contributed by atoms with van der Waals surface area (Å²) in [6.07, 6.45) is 0.229. The van der Waals surface area contributed by atoms with Gasteiger partial charge in [0.1, 0.15) is 12.1 Å². The SMILES string of the molecule is CC(C)(C)OC(=O)NCCC[N+](C)(C)CC(=O)[O-]. The maximum atomic E-state index is 11.3. The Morgan fingerprint density at radius 1 is 1.28 bits per heavy atom. The number of aliphatic carboxylic acids is 1. The summed E-state index contributed by atoms with van der Waals surface area (Å²) >= 11 is 0. The zero-order chi connectivity index (χ0) is 14.4. The topological polar surface area (TPSA) is 78.5 Å². The smallest absolute Gasteiger partial charge is 0.407 e. The first-order valence-electron chi connectivity index (χ1n) is 6.00. The molecule has 0 aliphatic rings. The summed E-state index contributed by atoms with van der Waals surface area (Å²) in [5.74, 6) is -1.07. The van der Waals surface area contributed by atoms with E-state index >= 15 is 0 Å². The molecule has 0 spiro atoms. The first-order chi connectivity index (χ1) is 8.02. The van der Waals surface area contributed by atoms with Gasteiger partial charge in [-0.15, -0.1) is 0 Å². The van der Waals surface area contributed by atoms with Crippen molar-refractivity contribution in [1.29, 1.82) is 0 Å². The van der Waals surface area contributed by atoms with Gasteiger partial charge in [0.25, 0.3) is 0 Å². The number of quaternary nitrogens is 1. The molecule has 18 heavy (non-hydrogen) atoms. The van der Waals surface area contributed by atoms with Crippen LogP contribution in [0.4, 0.5) is 4.79 Å². The molecule has 0 aromatic heterocycles. The summed E-state index contributed by atoms with van der Waals surface area (Å²) in [5.41, 5.74) is -0.506. The molecule has 0 aliphatic heterocycles. The van der Waals surface area contributed by atoms with Crippen LogP contribution in [0.15, 0.2) is 0 Å². The highest BCUT2D eigenvalue weighted by Crippen LogP contribution is 2.06. The number of rotatable bonds is 6. The third kappa shape index (κ3) is 9.89. The van der Waals surface area contributed by atoms with E-state index in [2.05, 4.69) is 5.32 Å². The predicted molar refractivity (Wildman–Crippen MR) is 65.7 cm³/mol. The minimum absolute atomic E-state index is 0.0353. The van der Waals surface area contributed by atoms with Gasteiger partial charge in [0.15, 0.2) is 0 Å². The van der Waals surface area contributed by atoms with Gasteiger partial charge in [-0.2, -0.15) is 0 Å². The zero-order valence-electron chi connectivity index (χ0n) is 11.9. The fraction of sp³-hybridized carbons (Fsp3) is 0.833. The average molecular weight is 260 g/mol. The predicted octanol–water partition coefficient (Wildman–Crippen LogP) is -0.272. The highest BCUT2D eigenvalue weighted by atomic mass is 16.6. The van der Waals surface area contributed by atoms with Crippen molar-refractivity contribution in [2.45, 2.75) is 32.8 Å². The van der Waals surface area contributed by atoms with Gasteiger partial charge in [0.05, 0.1) is 26.6 Å². The molecular formula is C12H24N2O4. The van der Waals surface area contributed by atoms with Gasteiger partial charge in [0.2, 0.25) is 0 Å². The van der Waals surface area contributed by atoms with E-state index in [0.717, 1.165) is 0 Å². The Bertz CT molecular complexity index is 295. The first kappa shape index (κ1) is 16.7. The first-order valence-corrected chi connectivity index (χ1v) is 6.00. The molecule has 0 fully saturated rings. The number of carboxylic acid groups (broad SMARTS) is 1. The molecule has 0 rings (SSSR count). The van der Waals surface area contributed by atoms with E-state index in [9.17, 15) is 14.7 Å². The van der Waals surface area contributed by atoms with Crippen molar-refractivity contribution < 1.29 is 23.9 Å². The number of carboxylic acids is 1. The number of carbonyl (C=O) groups is 2. The van der Waals surface area contributed by atoms with E-state index in [1.165, 1.54) is 0 Å². The number of likely N-dealkylation sites (N-methyl/N-ethyl adjacent to an activating group) is 1. The molecule has 0 unspecified atom stereocenters. The molecule has 106 valence electrons. The molecule has 1 N–H and O–H groups in total. The number of alkyl carbamates (subject to hydrolysis) is 1. The number of hydrogen-bond donors (Lipinski definition) is 1. The van der Waals surface area contributed by atoms with E-state index < -0.39 is 17.7 Å². The highest BCUT2D eigenvalue weighted by Gasteiger charge is 2.17. The number of amides is 1. The van der Waals surface area contributed by atoms with Crippen molar-refractivity contribution >= 4 is 12.1 Å². The van der Waals surface area contributed by atoms with Crippen molar-refractivity contribution in [2.24, 2.45) is 0 Å². The summed E-state index contributed by atoms with van der Waals surface area (Å²) < 4.78 is 5.41. The fourth-order valence-electron chi connectivity index (χ4n) is 1.44. The Morgan fingerprint density at radius 2 is 1.83 bits per heavy atom. The van der Waals surface area contributed by atoms with E-state index in [-0.39, 0.29) is 6.54 Å². The summed E-state index contributed by atoms with van der Waals surface area (Å²) in [5, 5.41) is 13.1. The Labute approximate surface area is 109 Å². The summed E-state index contributed by atoms with van der Waals surface area (Å²) in [7, 11) is 3.62. The van der Waals surface area contributed by atoms with Gasteiger partial charge in [-0.3, -0.25) is 0 Å². The van der Waals surface area contributed by atoms with Crippen molar-refractivity contribution in [1.82, 2.24) is 5.32 Å². The second-order valence-corrected chi connectivity index (χ2v) is 5.97. The van der Waals surface area contributed by atoms with Crippen LogP contribution in [0.5, 0.6) is 0 Å². The van der Waals surface area contributed by atoms with Gasteiger partial charge < -0.3 is 24.4 Å². The lowest BCUT2D eigenvalue weighted by Gasteiger charge is -2.30. The standard InChI is InChI=1S/C12H24N2O4/c1-12(2,3)18-11(17)13-7-6-8-14(4,5)9-10(15)16/h6-9H2,1-5H3,(H-,13,15,16,17). The maximum absolute atomic E-state index is 11.3. The monoisotopic (exact) mass is 260 g/mol. The van der Waals surface area contributed by atoms with Crippen LogP contribution in [0, 0.1) is 0 Å². The molecule has 0 aliphatic carbocycles. The van der Waals surface area contributed by atoms with Crippen molar-refractivity contribution in [3.8, 4) is 0 Å². The number of hydrogen-bond acceptors (Lipinski definition) is 4. The quantitative estimate of drug-likeness (QED) is 0.526. The summed E-state index contributed by atoms with van der Waals surface area (Å²) in [6, 6.07) is 0. The average Bonchev–Trinajstić information content (AvgIpc) is 2.07. The Kier molecular flexibility index (Phi) is 6.11. The van der Waals surface area contributed by atoms with Crippen molar-refractivity contribution in [2.75, 3.05) is 33.7 Å². The molecule has 0 saturated carbocycles. The second-order valence-electron chi connectivity index (χ2n) is 5.97. The lowest BCUT2D eigenvalue weighted by atomic mass is 10.2. The van der Waals surface area contributed by atoms with Gasteiger partial charge in [-0.25, -0.2) is 4.79 Å². The highest BCUT2D eigenvalue weighted by molar-refractivity contribution is 5.67. The molecule has 0 heterocycles. The van der Waals surface area contributed by atoms with E-state index in [4.69, 9.17) is 4.74 Å². The molecule has 0 atom stereocenters. The van der Waals surface area contributed by atoms with Gasteiger partial charge in [-0.1, -0.05) is 0 Å². The lowest BCUT2D eigenvalue weighted by molar-refractivity contribution is -0.884. The number of carbonyl (C=O) groups excluding carboxylic acids is 2. The lowest BCUT2D eigenvalue weighted by Crippen LogP contribution is -2.49. The molecule has 0 radical (unpaired) electrons. The molecule has 6 heteroatoms. The van der Waals surface area contributed by atoms with Crippen LogP contribution in [-0.4, -0.2) is 55.9 Å². The van der Waals surface area contributed by atoms with Crippen LogP contribution in [0.25, 0.3) is 0 Å². The normalized spacial score (nSPS) is 12.1. The number of ether oxygens (including phenoxy) is 1. The molecule has 0 aromatic rings. The second kappa shape index (κ2) is 6.58. The molecule has 6 nitrogen and oxygen atoms in total.